The molecule has 0 atom stereocenters. The van der Waals surface area contributed by atoms with Gasteiger partial charge in [-0.25, -0.2) is 0 Å². The van der Waals surface area contributed by atoms with Crippen LogP contribution in [0.4, 0.5) is 5.69 Å². The third-order valence-corrected chi connectivity index (χ3v) is 4.17. The average molecular weight is 303 g/mol. The summed E-state index contributed by atoms with van der Waals surface area (Å²) in [6, 6.07) is 12.3. The molecule has 2 N–H and O–H groups in total. The van der Waals surface area contributed by atoms with Crippen LogP contribution in [-0.4, -0.2) is 5.11 Å². The highest BCUT2D eigenvalue weighted by molar-refractivity contribution is 5.79. The molecule has 0 fully saturated rings. The lowest BCUT2D eigenvalue weighted by Crippen LogP contribution is -2.35. The second-order valence-corrected chi connectivity index (χ2v) is 5.71. The van der Waals surface area contributed by atoms with Crippen LogP contribution in [0.3, 0.4) is 0 Å². The molecule has 2 aromatic rings. The highest BCUT2D eigenvalue weighted by Crippen LogP contribution is 2.33. The molecular weight excluding hydrogens is 286 g/mol. The van der Waals surface area contributed by atoms with E-state index in [1.54, 1.807) is 0 Å². The van der Waals surface area contributed by atoms with Gasteiger partial charge < -0.3 is 15.2 Å². The van der Waals surface area contributed by atoms with Gasteiger partial charge in [0, 0.05) is 40.7 Å². The second-order valence-electron chi connectivity index (χ2n) is 5.71. The fraction of sp³-hybridized carbons (Fsp3) is 0.100. The van der Waals surface area contributed by atoms with E-state index in [0.29, 0.717) is 12.8 Å². The molecule has 3 heteroatoms. The fourth-order valence-corrected chi connectivity index (χ4v) is 3.12. The molecule has 23 heavy (non-hydrogen) atoms. The number of allylic oxidation sites excluding steroid dienone is 2. The third kappa shape index (κ3) is 2.30. The number of para-hydroxylation sites is 1. The Morgan fingerprint density at radius 3 is 2.87 bits per heavy atom. The summed E-state index contributed by atoms with van der Waals surface area (Å²) in [6.45, 7) is 3.58. The molecule has 4 rings (SSSR count). The molecule has 0 saturated carbocycles. The van der Waals surface area contributed by atoms with Crippen molar-refractivity contribution in [2.45, 2.75) is 12.8 Å². The molecule has 2 aromatic carbocycles. The van der Waals surface area contributed by atoms with E-state index in [-0.39, 0.29) is 5.76 Å². The Hall–Kier alpha value is -2.94. The van der Waals surface area contributed by atoms with Crippen LogP contribution in [0.25, 0.3) is 23.0 Å². The quantitative estimate of drug-likeness (QED) is 0.854. The van der Waals surface area contributed by atoms with Gasteiger partial charge in [-0.1, -0.05) is 36.9 Å². The summed E-state index contributed by atoms with van der Waals surface area (Å²) in [6.07, 6.45) is 7.11. The van der Waals surface area contributed by atoms with Crippen molar-refractivity contribution in [2.24, 2.45) is 0 Å². The van der Waals surface area contributed by atoms with Crippen LogP contribution in [0.15, 0.2) is 61.0 Å². The number of aliphatic hydroxyl groups excluding tert-OH is 1. The van der Waals surface area contributed by atoms with Gasteiger partial charge in [-0.05, 0) is 23.8 Å². The number of hydrogen-bond acceptors (Lipinski definition) is 3. The van der Waals surface area contributed by atoms with Gasteiger partial charge in [-0.15, -0.1) is 0 Å². The van der Waals surface area contributed by atoms with Crippen LogP contribution in [0, 0.1) is 0 Å². The van der Waals surface area contributed by atoms with E-state index in [2.05, 4.69) is 36.2 Å². The lowest BCUT2D eigenvalue weighted by molar-refractivity contribution is 0.384. The predicted octanol–water partition coefficient (Wildman–Crippen LogP) is 3.43. The van der Waals surface area contributed by atoms with Crippen molar-refractivity contribution in [2.75, 3.05) is 5.32 Å². The Kier molecular flexibility index (Phi) is 3.19. The lowest BCUT2D eigenvalue weighted by Gasteiger charge is -2.22. The third-order valence-electron chi connectivity index (χ3n) is 4.17. The molecule has 0 unspecified atom stereocenters. The smallest absolute Gasteiger partial charge is 0.134 e. The van der Waals surface area contributed by atoms with Crippen molar-refractivity contribution < 1.29 is 9.84 Å². The van der Waals surface area contributed by atoms with E-state index < -0.39 is 0 Å². The van der Waals surface area contributed by atoms with Crippen LogP contribution < -0.4 is 20.5 Å². The highest BCUT2D eigenvalue weighted by atomic mass is 16.5. The molecule has 0 bridgehead atoms. The Balaban J connectivity index is 2.03. The fourth-order valence-electron chi connectivity index (χ4n) is 3.12. The monoisotopic (exact) mass is 303 g/mol. The van der Waals surface area contributed by atoms with Crippen LogP contribution in [0.5, 0.6) is 5.75 Å². The molecule has 3 nitrogen and oxygen atoms in total. The normalized spacial score (nSPS) is 13.8. The summed E-state index contributed by atoms with van der Waals surface area (Å²) in [7, 11) is 0. The van der Waals surface area contributed by atoms with Gasteiger partial charge >= 0.3 is 0 Å². The zero-order chi connectivity index (χ0) is 15.8. The number of hydrogen-bond donors (Lipinski definition) is 2. The second kappa shape index (κ2) is 5.36. The van der Waals surface area contributed by atoms with Crippen molar-refractivity contribution in [3.8, 4) is 16.9 Å². The largest absolute Gasteiger partial charge is 0.513 e. The first-order valence-electron chi connectivity index (χ1n) is 7.67. The molecular formula is C20H17NO2. The van der Waals surface area contributed by atoms with Gasteiger partial charge in [-0.3, -0.25) is 0 Å². The summed E-state index contributed by atoms with van der Waals surface area (Å²) < 4.78 is 6.17. The zero-order valence-electron chi connectivity index (χ0n) is 12.7. The maximum Gasteiger partial charge on any atom is 0.134 e. The Labute approximate surface area is 134 Å². The van der Waals surface area contributed by atoms with Gasteiger partial charge in [0.15, 0.2) is 0 Å². The van der Waals surface area contributed by atoms with Gasteiger partial charge in [-0.2, -0.15) is 0 Å². The van der Waals surface area contributed by atoms with E-state index in [9.17, 15) is 5.11 Å². The first-order chi connectivity index (χ1) is 11.2. The summed E-state index contributed by atoms with van der Waals surface area (Å²) in [5, 5.41) is 15.0. The van der Waals surface area contributed by atoms with Crippen molar-refractivity contribution >= 4 is 17.5 Å². The molecule has 2 aliphatic rings. The number of rotatable bonds is 3. The van der Waals surface area contributed by atoms with Gasteiger partial charge in [0.1, 0.15) is 11.5 Å². The van der Waals surface area contributed by atoms with Gasteiger partial charge in [0.05, 0.1) is 5.76 Å². The maximum atomic E-state index is 9.47. The van der Waals surface area contributed by atoms with Gasteiger partial charge in [0.2, 0.25) is 0 Å². The standard InChI is InChI=1S/C20H17NO2/c1-13(22)8-11-19-20-15(14-5-2-3-7-18(14)23-19)9-10-17-16(20)6-4-12-21-17/h2-7,9-10,12,21-22H,1,8,11H2. The highest BCUT2D eigenvalue weighted by Gasteiger charge is 2.19. The molecule has 0 radical (unpaired) electrons. The average Bonchev–Trinajstić information content (AvgIpc) is 2.59. The van der Waals surface area contributed by atoms with Crippen LogP contribution in [0.2, 0.25) is 0 Å². The van der Waals surface area contributed by atoms with E-state index >= 15 is 0 Å². The maximum absolute atomic E-state index is 9.47. The predicted molar refractivity (Wildman–Crippen MR) is 93.4 cm³/mol. The summed E-state index contributed by atoms with van der Waals surface area (Å²) in [5.41, 5.74) is 3.33. The number of nitrogens with one attached hydrogen (secondary N) is 1. The topological polar surface area (TPSA) is 41.5 Å². The zero-order valence-corrected chi connectivity index (χ0v) is 12.7. The molecule has 0 spiro atoms. The first-order valence-corrected chi connectivity index (χ1v) is 7.67. The SMILES string of the molecule is C=C(O)CCC1=c2c(ccc3c2=CC=CN3)-c2ccccc2O1. The van der Waals surface area contributed by atoms with E-state index in [1.165, 1.54) is 0 Å². The molecule has 0 aliphatic carbocycles. The molecule has 0 saturated heterocycles. The number of aliphatic hydroxyl groups is 1. The minimum atomic E-state index is 0.174. The number of ether oxygens (including phenoxy) is 1. The first kappa shape index (κ1) is 13.7. The van der Waals surface area contributed by atoms with E-state index in [1.807, 2.05) is 30.5 Å². The summed E-state index contributed by atoms with van der Waals surface area (Å²) >= 11 is 0. The Morgan fingerprint density at radius 2 is 2.00 bits per heavy atom. The van der Waals surface area contributed by atoms with E-state index in [4.69, 9.17) is 4.74 Å². The van der Waals surface area contributed by atoms with Crippen molar-refractivity contribution in [3.63, 3.8) is 0 Å². The number of anilines is 1. The van der Waals surface area contributed by atoms with Crippen molar-refractivity contribution in [1.82, 2.24) is 0 Å². The lowest BCUT2D eigenvalue weighted by atomic mass is 9.95. The van der Waals surface area contributed by atoms with Crippen molar-refractivity contribution in [3.05, 3.63) is 71.4 Å². The minimum absolute atomic E-state index is 0.174. The summed E-state index contributed by atoms with van der Waals surface area (Å²) in [4.78, 5) is 0. The molecule has 114 valence electrons. The minimum Gasteiger partial charge on any atom is -0.513 e. The molecule has 2 aliphatic heterocycles. The number of benzene rings is 2. The molecule has 2 heterocycles. The van der Waals surface area contributed by atoms with E-state index in [0.717, 1.165) is 38.8 Å². The van der Waals surface area contributed by atoms with Crippen molar-refractivity contribution in [1.29, 1.82) is 0 Å². The molecule has 0 amide bonds. The van der Waals surface area contributed by atoms with Crippen LogP contribution >= 0.6 is 0 Å². The number of fused-ring (bicyclic) bond motifs is 5. The Morgan fingerprint density at radius 1 is 1.13 bits per heavy atom. The van der Waals surface area contributed by atoms with Crippen LogP contribution in [-0.2, 0) is 0 Å². The van der Waals surface area contributed by atoms with Crippen LogP contribution in [0.1, 0.15) is 12.8 Å². The Bertz CT molecular complexity index is 954. The molecule has 0 aromatic heterocycles. The van der Waals surface area contributed by atoms with Gasteiger partial charge in [0.25, 0.3) is 0 Å². The summed E-state index contributed by atoms with van der Waals surface area (Å²) in [5.74, 6) is 1.91.